The second-order valence-corrected chi connectivity index (χ2v) is 5.98. The number of carbonyl (C=O) groups excluding carboxylic acids is 1. The van der Waals surface area contributed by atoms with E-state index in [0.29, 0.717) is 11.8 Å². The number of ether oxygens (including phenoxy) is 1. The molecule has 1 aliphatic rings. The molecule has 0 aliphatic heterocycles. The molecule has 0 aromatic carbocycles. The molecule has 112 valence electrons. The van der Waals surface area contributed by atoms with Crippen LogP contribution in [0, 0.1) is 11.8 Å². The highest BCUT2D eigenvalue weighted by Gasteiger charge is 2.51. The third kappa shape index (κ3) is 4.18. The first-order chi connectivity index (χ1) is 9.00. The summed E-state index contributed by atoms with van der Waals surface area (Å²) in [6.07, 6.45) is 3.42. The average molecular weight is 270 g/mol. The number of methoxy groups -OCH3 is 1. The molecule has 2 unspecified atom stereocenters. The number of hydrogen-bond acceptors (Lipinski definition) is 4. The van der Waals surface area contributed by atoms with E-state index in [2.05, 4.69) is 38.0 Å². The van der Waals surface area contributed by atoms with Gasteiger partial charge in [0.05, 0.1) is 7.11 Å². The number of nitrogens with zero attached hydrogens (tertiary/aromatic N) is 1. The molecule has 1 saturated carbocycles. The fourth-order valence-electron chi connectivity index (χ4n) is 2.86. The number of nitrogens with one attached hydrogen (secondary N) is 1. The number of hydrogen-bond donors (Lipinski definition) is 1. The summed E-state index contributed by atoms with van der Waals surface area (Å²) in [4.78, 5) is 14.6. The third-order valence-electron chi connectivity index (χ3n) is 4.16. The fraction of sp³-hybridized carbons (Fsp3) is 0.933. The molecule has 4 nitrogen and oxygen atoms in total. The topological polar surface area (TPSA) is 41.6 Å². The molecule has 19 heavy (non-hydrogen) atoms. The average Bonchev–Trinajstić information content (AvgIpc) is 3.21. The molecule has 2 atom stereocenters. The molecular weight excluding hydrogens is 240 g/mol. The SMILES string of the molecule is CCNC(CN(C)CC(C)CC)(C(=O)OC)C1CC1. The lowest BCUT2D eigenvalue weighted by atomic mass is 9.91. The standard InChI is InChI=1S/C15H30N2O2/c1-6-12(3)10-17(4)11-15(16-7-2,13-8-9-13)14(18)19-5/h12-13,16H,6-11H2,1-5H3. The Labute approximate surface area is 117 Å². The van der Waals surface area contributed by atoms with Crippen molar-refractivity contribution in [2.75, 3.05) is 33.8 Å². The van der Waals surface area contributed by atoms with Crippen LogP contribution in [0.5, 0.6) is 0 Å². The number of carbonyl (C=O) groups is 1. The number of esters is 1. The largest absolute Gasteiger partial charge is 0.468 e. The van der Waals surface area contributed by atoms with Crippen LogP contribution in [0.4, 0.5) is 0 Å². The molecule has 0 aromatic heterocycles. The number of likely N-dealkylation sites (N-methyl/N-ethyl adjacent to an activating group) is 2. The Balaban J connectivity index is 2.75. The lowest BCUT2D eigenvalue weighted by Crippen LogP contribution is -2.61. The monoisotopic (exact) mass is 270 g/mol. The van der Waals surface area contributed by atoms with Crippen molar-refractivity contribution in [2.45, 2.75) is 45.6 Å². The summed E-state index contributed by atoms with van der Waals surface area (Å²) >= 11 is 0. The zero-order chi connectivity index (χ0) is 14.5. The van der Waals surface area contributed by atoms with Gasteiger partial charge in [0, 0.05) is 13.1 Å². The van der Waals surface area contributed by atoms with Gasteiger partial charge in [0.15, 0.2) is 0 Å². The van der Waals surface area contributed by atoms with Crippen LogP contribution >= 0.6 is 0 Å². The van der Waals surface area contributed by atoms with E-state index in [0.717, 1.165) is 32.5 Å². The lowest BCUT2D eigenvalue weighted by Gasteiger charge is -2.36. The van der Waals surface area contributed by atoms with Crippen LogP contribution in [0.3, 0.4) is 0 Å². The van der Waals surface area contributed by atoms with Crippen LogP contribution in [-0.4, -0.2) is 50.2 Å². The summed E-state index contributed by atoms with van der Waals surface area (Å²) in [5.74, 6) is 0.980. The second kappa shape index (κ2) is 7.25. The van der Waals surface area contributed by atoms with E-state index >= 15 is 0 Å². The zero-order valence-corrected chi connectivity index (χ0v) is 13.2. The normalized spacial score (nSPS) is 20.1. The maximum absolute atomic E-state index is 12.3. The first kappa shape index (κ1) is 16.4. The van der Waals surface area contributed by atoms with Crippen LogP contribution < -0.4 is 5.32 Å². The second-order valence-electron chi connectivity index (χ2n) is 5.98. The van der Waals surface area contributed by atoms with Gasteiger partial charge in [0.2, 0.25) is 0 Å². The molecule has 0 spiro atoms. The van der Waals surface area contributed by atoms with E-state index in [9.17, 15) is 4.79 Å². The molecule has 0 heterocycles. The van der Waals surface area contributed by atoms with Crippen molar-refractivity contribution in [1.29, 1.82) is 0 Å². The zero-order valence-electron chi connectivity index (χ0n) is 13.2. The van der Waals surface area contributed by atoms with Crippen molar-refractivity contribution in [3.8, 4) is 0 Å². The predicted molar refractivity (Wildman–Crippen MR) is 78.1 cm³/mol. The van der Waals surface area contributed by atoms with Gasteiger partial charge in [-0.3, -0.25) is 0 Å². The van der Waals surface area contributed by atoms with Crippen molar-refractivity contribution < 1.29 is 9.53 Å². The van der Waals surface area contributed by atoms with E-state index in [-0.39, 0.29) is 5.97 Å². The van der Waals surface area contributed by atoms with Crippen LogP contribution in [-0.2, 0) is 9.53 Å². The maximum atomic E-state index is 12.3. The van der Waals surface area contributed by atoms with Gasteiger partial charge >= 0.3 is 5.97 Å². The van der Waals surface area contributed by atoms with Crippen molar-refractivity contribution in [2.24, 2.45) is 11.8 Å². The molecule has 0 saturated heterocycles. The highest BCUT2D eigenvalue weighted by molar-refractivity contribution is 5.82. The van der Waals surface area contributed by atoms with Crippen molar-refractivity contribution >= 4 is 5.97 Å². The van der Waals surface area contributed by atoms with E-state index < -0.39 is 5.54 Å². The Hall–Kier alpha value is -0.610. The van der Waals surface area contributed by atoms with E-state index in [1.165, 1.54) is 13.5 Å². The van der Waals surface area contributed by atoms with Crippen LogP contribution in [0.2, 0.25) is 0 Å². The van der Waals surface area contributed by atoms with Crippen LogP contribution in [0.15, 0.2) is 0 Å². The molecule has 0 radical (unpaired) electrons. The third-order valence-corrected chi connectivity index (χ3v) is 4.16. The highest BCUT2D eigenvalue weighted by atomic mass is 16.5. The Morgan fingerprint density at radius 3 is 2.53 bits per heavy atom. The number of rotatable bonds is 9. The summed E-state index contributed by atoms with van der Waals surface area (Å²) in [5, 5.41) is 3.41. The molecule has 0 aromatic rings. The molecular formula is C15H30N2O2. The highest BCUT2D eigenvalue weighted by Crippen LogP contribution is 2.41. The van der Waals surface area contributed by atoms with Crippen molar-refractivity contribution in [3.63, 3.8) is 0 Å². The van der Waals surface area contributed by atoms with E-state index in [1.54, 1.807) is 0 Å². The Bertz CT molecular complexity index is 292. The summed E-state index contributed by atoms with van der Waals surface area (Å²) in [7, 11) is 3.59. The lowest BCUT2D eigenvalue weighted by molar-refractivity contribution is -0.150. The summed E-state index contributed by atoms with van der Waals surface area (Å²) in [5.41, 5.74) is -0.508. The van der Waals surface area contributed by atoms with Gasteiger partial charge in [-0.05, 0) is 38.3 Å². The fourth-order valence-corrected chi connectivity index (χ4v) is 2.86. The summed E-state index contributed by atoms with van der Waals surface area (Å²) in [6.45, 7) is 9.06. The Kier molecular flexibility index (Phi) is 6.27. The first-order valence-corrected chi connectivity index (χ1v) is 7.52. The van der Waals surface area contributed by atoms with Crippen LogP contribution in [0.25, 0.3) is 0 Å². The van der Waals surface area contributed by atoms with Gasteiger partial charge in [0.1, 0.15) is 5.54 Å². The van der Waals surface area contributed by atoms with Gasteiger partial charge < -0.3 is 15.0 Å². The molecule has 4 heteroatoms. The van der Waals surface area contributed by atoms with Gasteiger partial charge in [-0.1, -0.05) is 27.2 Å². The van der Waals surface area contributed by atoms with Gasteiger partial charge in [-0.2, -0.15) is 0 Å². The smallest absolute Gasteiger partial charge is 0.327 e. The molecule has 0 amide bonds. The van der Waals surface area contributed by atoms with E-state index in [4.69, 9.17) is 4.74 Å². The minimum absolute atomic E-state index is 0.104. The van der Waals surface area contributed by atoms with Crippen molar-refractivity contribution in [3.05, 3.63) is 0 Å². The molecule has 1 aliphatic carbocycles. The first-order valence-electron chi connectivity index (χ1n) is 7.52. The molecule has 0 bridgehead atoms. The quantitative estimate of drug-likeness (QED) is 0.650. The predicted octanol–water partition coefficient (Wildman–Crippen LogP) is 1.90. The van der Waals surface area contributed by atoms with Gasteiger partial charge in [-0.25, -0.2) is 4.79 Å². The van der Waals surface area contributed by atoms with Crippen LogP contribution in [0.1, 0.15) is 40.0 Å². The van der Waals surface area contributed by atoms with Crippen molar-refractivity contribution in [1.82, 2.24) is 10.2 Å². The van der Waals surface area contributed by atoms with E-state index in [1.807, 2.05) is 0 Å². The molecule has 1 fully saturated rings. The summed E-state index contributed by atoms with van der Waals surface area (Å²) < 4.78 is 5.07. The molecule has 1 N–H and O–H groups in total. The summed E-state index contributed by atoms with van der Waals surface area (Å²) in [6, 6.07) is 0. The minimum atomic E-state index is -0.508. The Morgan fingerprint density at radius 2 is 2.11 bits per heavy atom. The molecule has 1 rings (SSSR count). The minimum Gasteiger partial charge on any atom is -0.468 e. The maximum Gasteiger partial charge on any atom is 0.327 e. The van der Waals surface area contributed by atoms with Gasteiger partial charge in [-0.15, -0.1) is 0 Å². The van der Waals surface area contributed by atoms with Gasteiger partial charge in [0.25, 0.3) is 0 Å². The Morgan fingerprint density at radius 1 is 1.47 bits per heavy atom.